The molecule has 9 heteroatoms. The van der Waals surface area contributed by atoms with Crippen LogP contribution in [-0.4, -0.2) is 47.5 Å². The predicted octanol–water partition coefficient (Wildman–Crippen LogP) is 2.24. The van der Waals surface area contributed by atoms with Crippen molar-refractivity contribution in [3.8, 4) is 0 Å². The molecule has 2 aromatic rings. The summed E-state index contributed by atoms with van der Waals surface area (Å²) in [4.78, 5) is 61.2. The van der Waals surface area contributed by atoms with E-state index < -0.39 is 42.4 Å². The van der Waals surface area contributed by atoms with Gasteiger partial charge in [0.2, 0.25) is 6.29 Å². The van der Waals surface area contributed by atoms with Gasteiger partial charge < -0.3 is 14.2 Å². The van der Waals surface area contributed by atoms with E-state index in [1.54, 1.807) is 48.5 Å². The molecule has 2 aromatic carbocycles. The third-order valence-corrected chi connectivity index (χ3v) is 4.56. The Bertz CT molecular complexity index is 998. The van der Waals surface area contributed by atoms with E-state index in [0.29, 0.717) is 0 Å². The van der Waals surface area contributed by atoms with Crippen LogP contribution < -0.4 is 0 Å². The molecule has 1 unspecified atom stereocenters. The van der Waals surface area contributed by atoms with Crippen LogP contribution in [0.1, 0.15) is 46.0 Å². The molecule has 0 bridgehead atoms. The quantitative estimate of drug-likeness (QED) is 0.253. The van der Waals surface area contributed by atoms with Crippen molar-refractivity contribution < 1.29 is 38.2 Å². The zero-order valence-electron chi connectivity index (χ0n) is 17.3. The standard InChI is InChI=1S/C23H21NO8/c1-15(25)31-21(11-12-24-22(28)17-9-5-6-10-18(17)23(24)29)32-20(27)13-19(26)30-14-16-7-3-2-4-8-16/h2-10,21H,11-14H2,1H3. The fourth-order valence-corrected chi connectivity index (χ4v) is 3.10. The van der Waals surface area contributed by atoms with Gasteiger partial charge in [-0.3, -0.25) is 28.9 Å². The number of imide groups is 1. The van der Waals surface area contributed by atoms with Crippen molar-refractivity contribution in [1.29, 1.82) is 0 Å². The molecule has 3 rings (SSSR count). The molecule has 1 aliphatic rings. The summed E-state index contributed by atoms with van der Waals surface area (Å²) in [7, 11) is 0. The van der Waals surface area contributed by atoms with Gasteiger partial charge in [0.15, 0.2) is 0 Å². The monoisotopic (exact) mass is 439 g/mol. The number of fused-ring (bicyclic) bond motifs is 1. The van der Waals surface area contributed by atoms with Crippen LogP contribution in [0, 0.1) is 0 Å². The summed E-state index contributed by atoms with van der Waals surface area (Å²) in [5.74, 6) is -3.46. The lowest BCUT2D eigenvalue weighted by atomic mass is 10.1. The van der Waals surface area contributed by atoms with Gasteiger partial charge in [0.05, 0.1) is 11.1 Å². The molecule has 2 amide bonds. The number of hydrogen-bond acceptors (Lipinski definition) is 8. The van der Waals surface area contributed by atoms with E-state index in [1.165, 1.54) is 0 Å². The molecule has 166 valence electrons. The Morgan fingerprint density at radius 3 is 2.03 bits per heavy atom. The third kappa shape index (κ3) is 5.78. The summed E-state index contributed by atoms with van der Waals surface area (Å²) in [5.41, 5.74) is 1.31. The van der Waals surface area contributed by atoms with Gasteiger partial charge in [0.25, 0.3) is 11.8 Å². The van der Waals surface area contributed by atoms with E-state index >= 15 is 0 Å². The number of ether oxygens (including phenoxy) is 3. The van der Waals surface area contributed by atoms with Crippen LogP contribution in [0.25, 0.3) is 0 Å². The van der Waals surface area contributed by atoms with E-state index in [2.05, 4.69) is 0 Å². The maximum atomic E-state index is 12.4. The van der Waals surface area contributed by atoms with Crippen LogP contribution >= 0.6 is 0 Å². The maximum absolute atomic E-state index is 12.4. The first-order valence-corrected chi connectivity index (χ1v) is 9.86. The van der Waals surface area contributed by atoms with E-state index in [0.717, 1.165) is 17.4 Å². The average molecular weight is 439 g/mol. The van der Waals surface area contributed by atoms with Crippen molar-refractivity contribution in [1.82, 2.24) is 4.90 Å². The molecule has 0 aromatic heterocycles. The van der Waals surface area contributed by atoms with Crippen LogP contribution in [0.5, 0.6) is 0 Å². The van der Waals surface area contributed by atoms with Gasteiger partial charge in [-0.1, -0.05) is 42.5 Å². The topological polar surface area (TPSA) is 116 Å². The summed E-state index contributed by atoms with van der Waals surface area (Å²) in [6, 6.07) is 15.3. The summed E-state index contributed by atoms with van der Waals surface area (Å²) >= 11 is 0. The summed E-state index contributed by atoms with van der Waals surface area (Å²) in [6.45, 7) is 0.979. The van der Waals surface area contributed by atoms with Gasteiger partial charge in [0.1, 0.15) is 13.0 Å². The number of esters is 3. The molecule has 0 radical (unpaired) electrons. The van der Waals surface area contributed by atoms with Crippen molar-refractivity contribution in [2.24, 2.45) is 0 Å². The minimum atomic E-state index is -1.37. The highest BCUT2D eigenvalue weighted by molar-refractivity contribution is 6.21. The molecule has 1 heterocycles. The minimum absolute atomic E-state index is 0.0000697. The molecule has 1 aliphatic heterocycles. The van der Waals surface area contributed by atoms with E-state index in [1.807, 2.05) is 6.07 Å². The van der Waals surface area contributed by atoms with Crippen LogP contribution in [0.2, 0.25) is 0 Å². The smallest absolute Gasteiger partial charge is 0.320 e. The van der Waals surface area contributed by atoms with Crippen molar-refractivity contribution in [2.45, 2.75) is 32.7 Å². The highest BCUT2D eigenvalue weighted by atomic mass is 16.7. The lowest BCUT2D eigenvalue weighted by molar-refractivity contribution is -0.188. The largest absolute Gasteiger partial charge is 0.460 e. The number of nitrogens with zero attached hydrogens (tertiary/aromatic N) is 1. The molecule has 0 saturated heterocycles. The lowest BCUT2D eigenvalue weighted by Gasteiger charge is -2.20. The zero-order valence-corrected chi connectivity index (χ0v) is 17.3. The molecule has 9 nitrogen and oxygen atoms in total. The van der Waals surface area contributed by atoms with Gasteiger partial charge in [-0.15, -0.1) is 0 Å². The van der Waals surface area contributed by atoms with Gasteiger partial charge in [-0.2, -0.15) is 0 Å². The summed E-state index contributed by atoms with van der Waals surface area (Å²) < 4.78 is 15.0. The van der Waals surface area contributed by atoms with E-state index in [9.17, 15) is 24.0 Å². The Morgan fingerprint density at radius 1 is 0.844 bits per heavy atom. The first-order valence-electron chi connectivity index (χ1n) is 9.86. The first-order chi connectivity index (χ1) is 15.3. The van der Waals surface area contributed by atoms with Gasteiger partial charge in [0, 0.05) is 19.9 Å². The van der Waals surface area contributed by atoms with Gasteiger partial charge >= 0.3 is 17.9 Å². The fraction of sp³-hybridized carbons (Fsp3) is 0.261. The van der Waals surface area contributed by atoms with Crippen molar-refractivity contribution in [2.75, 3.05) is 6.54 Å². The second-order valence-electron chi connectivity index (χ2n) is 6.95. The predicted molar refractivity (Wildman–Crippen MR) is 109 cm³/mol. The number of rotatable bonds is 9. The normalized spacial score (nSPS) is 13.3. The molecule has 0 aliphatic carbocycles. The maximum Gasteiger partial charge on any atom is 0.320 e. The van der Waals surface area contributed by atoms with Crippen LogP contribution in [0.15, 0.2) is 54.6 Å². The number of hydrogen-bond donors (Lipinski definition) is 0. The van der Waals surface area contributed by atoms with Crippen molar-refractivity contribution in [3.05, 3.63) is 71.3 Å². The van der Waals surface area contributed by atoms with Crippen molar-refractivity contribution >= 4 is 29.7 Å². The Labute approximate surface area is 183 Å². The Kier molecular flexibility index (Phi) is 7.33. The Balaban J connectivity index is 1.52. The molecular formula is C23H21NO8. The molecule has 0 spiro atoms. The second-order valence-corrected chi connectivity index (χ2v) is 6.95. The molecule has 1 atom stereocenters. The number of carbonyl (C=O) groups excluding carboxylic acids is 5. The van der Waals surface area contributed by atoms with Crippen molar-refractivity contribution in [3.63, 3.8) is 0 Å². The summed E-state index contributed by atoms with van der Waals surface area (Å²) in [6.07, 6.45) is -2.20. The van der Waals surface area contributed by atoms with Gasteiger partial charge in [-0.25, -0.2) is 0 Å². The summed E-state index contributed by atoms with van der Waals surface area (Å²) in [5, 5.41) is 0. The van der Waals surface area contributed by atoms with E-state index in [-0.39, 0.29) is 30.7 Å². The fourth-order valence-electron chi connectivity index (χ4n) is 3.10. The number of benzene rings is 2. The third-order valence-electron chi connectivity index (χ3n) is 4.56. The molecule has 0 fully saturated rings. The number of amides is 2. The highest BCUT2D eigenvalue weighted by Gasteiger charge is 2.35. The van der Waals surface area contributed by atoms with Crippen LogP contribution in [0.4, 0.5) is 0 Å². The first kappa shape index (κ1) is 22.7. The Morgan fingerprint density at radius 2 is 1.44 bits per heavy atom. The van der Waals surface area contributed by atoms with E-state index in [4.69, 9.17) is 14.2 Å². The minimum Gasteiger partial charge on any atom is -0.460 e. The lowest BCUT2D eigenvalue weighted by Crippen LogP contribution is -2.35. The molecule has 32 heavy (non-hydrogen) atoms. The van der Waals surface area contributed by atoms with Crippen LogP contribution in [-0.2, 0) is 35.2 Å². The molecule has 0 saturated carbocycles. The van der Waals surface area contributed by atoms with Gasteiger partial charge in [-0.05, 0) is 17.7 Å². The molecule has 0 N–H and O–H groups in total. The second kappa shape index (κ2) is 10.3. The highest BCUT2D eigenvalue weighted by Crippen LogP contribution is 2.23. The molecular weight excluding hydrogens is 418 g/mol. The Hall–Kier alpha value is -4.01. The average Bonchev–Trinajstić information content (AvgIpc) is 3.01. The number of carbonyl (C=O) groups is 5. The SMILES string of the molecule is CC(=O)OC(CCN1C(=O)c2ccccc2C1=O)OC(=O)CC(=O)OCc1ccccc1. The zero-order chi connectivity index (χ0) is 23.1. The van der Waals surface area contributed by atoms with Crippen LogP contribution in [0.3, 0.4) is 0 Å².